The molecule has 6 rings (SSSR count). The van der Waals surface area contributed by atoms with E-state index < -0.39 is 28.2 Å². The first kappa shape index (κ1) is 18.2. The Morgan fingerprint density at radius 3 is 2.52 bits per heavy atom. The van der Waals surface area contributed by atoms with E-state index in [1.54, 1.807) is 0 Å². The maximum atomic E-state index is 13.7. The molecule has 3 fully saturated rings. The van der Waals surface area contributed by atoms with Crippen molar-refractivity contribution in [1.29, 1.82) is 0 Å². The van der Waals surface area contributed by atoms with Crippen molar-refractivity contribution in [3.05, 3.63) is 64.2 Å². The SMILES string of the molecule is O=C1C2C3CCCN3C3(C(=O)Nc4ccccc43)C2C(=O)N1c1ccc([N+](=O)[O-])cc1. The number of carbonyl (C=O) groups is 3. The highest BCUT2D eigenvalue weighted by Gasteiger charge is 2.74. The predicted octanol–water partition coefficient (Wildman–Crippen LogP) is 2.03. The van der Waals surface area contributed by atoms with Crippen molar-refractivity contribution >= 4 is 34.8 Å². The smallest absolute Gasteiger partial charge is 0.269 e. The van der Waals surface area contributed by atoms with E-state index in [4.69, 9.17) is 0 Å². The number of anilines is 2. The lowest BCUT2D eigenvalue weighted by atomic mass is 9.75. The van der Waals surface area contributed by atoms with Gasteiger partial charge < -0.3 is 5.32 Å². The van der Waals surface area contributed by atoms with Gasteiger partial charge in [0, 0.05) is 29.4 Å². The van der Waals surface area contributed by atoms with Gasteiger partial charge in [0.1, 0.15) is 5.54 Å². The monoisotopic (exact) mass is 418 g/mol. The Balaban J connectivity index is 1.50. The molecule has 3 amide bonds. The maximum Gasteiger partial charge on any atom is 0.269 e. The molecule has 0 bridgehead atoms. The molecule has 31 heavy (non-hydrogen) atoms. The van der Waals surface area contributed by atoms with Gasteiger partial charge in [-0.05, 0) is 37.6 Å². The summed E-state index contributed by atoms with van der Waals surface area (Å²) in [5, 5.41) is 13.9. The number of nitro groups is 1. The Hall–Kier alpha value is -3.59. The highest BCUT2D eigenvalue weighted by molar-refractivity contribution is 6.25. The predicted molar refractivity (Wildman–Crippen MR) is 109 cm³/mol. The van der Waals surface area contributed by atoms with Crippen LogP contribution in [-0.4, -0.2) is 40.1 Å². The van der Waals surface area contributed by atoms with Gasteiger partial charge in [0.15, 0.2) is 0 Å². The molecule has 0 saturated carbocycles. The minimum atomic E-state index is -1.20. The van der Waals surface area contributed by atoms with Crippen LogP contribution in [0, 0.1) is 22.0 Å². The largest absolute Gasteiger partial charge is 0.324 e. The summed E-state index contributed by atoms with van der Waals surface area (Å²) in [5.41, 5.74) is 0.385. The van der Waals surface area contributed by atoms with Crippen LogP contribution in [0.1, 0.15) is 18.4 Å². The summed E-state index contributed by atoms with van der Waals surface area (Å²) in [7, 11) is 0. The van der Waals surface area contributed by atoms with Crippen LogP contribution in [0.2, 0.25) is 0 Å². The number of hydrogen-bond acceptors (Lipinski definition) is 6. The van der Waals surface area contributed by atoms with Gasteiger partial charge in [0.05, 0.1) is 22.4 Å². The number of non-ortho nitro benzene ring substituents is 1. The summed E-state index contributed by atoms with van der Waals surface area (Å²) < 4.78 is 0. The van der Waals surface area contributed by atoms with E-state index in [2.05, 4.69) is 10.2 Å². The third-order valence-electron chi connectivity index (χ3n) is 7.22. The molecule has 4 aliphatic rings. The molecule has 0 aromatic heterocycles. The number of nitro benzene ring substituents is 1. The summed E-state index contributed by atoms with van der Waals surface area (Å²) in [6.45, 7) is 0.650. The van der Waals surface area contributed by atoms with Crippen LogP contribution in [0.3, 0.4) is 0 Å². The maximum absolute atomic E-state index is 13.7. The molecule has 4 atom stereocenters. The van der Waals surface area contributed by atoms with Crippen molar-refractivity contribution in [1.82, 2.24) is 4.90 Å². The van der Waals surface area contributed by atoms with Gasteiger partial charge in [-0.1, -0.05) is 18.2 Å². The molecule has 1 spiro atoms. The topological polar surface area (TPSA) is 113 Å². The van der Waals surface area contributed by atoms with E-state index in [0.29, 0.717) is 17.9 Å². The van der Waals surface area contributed by atoms with Gasteiger partial charge in [-0.15, -0.1) is 0 Å². The minimum Gasteiger partial charge on any atom is -0.324 e. The fourth-order valence-electron chi connectivity index (χ4n) is 6.14. The van der Waals surface area contributed by atoms with Crippen molar-refractivity contribution in [3.63, 3.8) is 0 Å². The number of carbonyl (C=O) groups excluding carboxylic acids is 3. The van der Waals surface area contributed by atoms with Crippen molar-refractivity contribution in [3.8, 4) is 0 Å². The average Bonchev–Trinajstić information content (AvgIpc) is 3.46. The molecule has 4 heterocycles. The van der Waals surface area contributed by atoms with Crippen LogP contribution in [-0.2, 0) is 19.9 Å². The standard InChI is InChI=1S/C22H18N4O5/c27-19-17-16-6-3-11-24(16)22(14-4-1-2-5-15(14)23-21(22)29)18(17)20(28)25(19)12-7-9-13(10-8-12)26(30)31/h1-2,4-5,7-10,16-18H,3,6,11H2,(H,23,29). The first-order valence-corrected chi connectivity index (χ1v) is 10.3. The third-order valence-corrected chi connectivity index (χ3v) is 7.22. The lowest BCUT2D eigenvalue weighted by Crippen LogP contribution is -2.54. The molecule has 9 heteroatoms. The van der Waals surface area contributed by atoms with Crippen LogP contribution in [0.4, 0.5) is 17.1 Å². The Labute approximate surface area is 176 Å². The number of para-hydroxylation sites is 1. The summed E-state index contributed by atoms with van der Waals surface area (Å²) in [5.74, 6) is -2.48. The highest BCUT2D eigenvalue weighted by Crippen LogP contribution is 2.60. The normalized spacial score (nSPS) is 31.2. The van der Waals surface area contributed by atoms with Crippen molar-refractivity contribution < 1.29 is 19.3 Å². The first-order valence-electron chi connectivity index (χ1n) is 10.3. The van der Waals surface area contributed by atoms with Gasteiger partial charge in [0.2, 0.25) is 17.7 Å². The lowest BCUT2D eigenvalue weighted by Gasteiger charge is -2.36. The zero-order valence-corrected chi connectivity index (χ0v) is 16.4. The van der Waals surface area contributed by atoms with E-state index in [-0.39, 0.29) is 23.5 Å². The van der Waals surface area contributed by atoms with Crippen molar-refractivity contribution in [2.24, 2.45) is 11.8 Å². The van der Waals surface area contributed by atoms with Crippen molar-refractivity contribution in [2.75, 3.05) is 16.8 Å². The van der Waals surface area contributed by atoms with E-state index in [1.165, 1.54) is 24.3 Å². The molecule has 4 unspecified atom stereocenters. The summed E-state index contributed by atoms with van der Waals surface area (Å²) in [4.78, 5) is 54.3. The number of rotatable bonds is 2. The van der Waals surface area contributed by atoms with E-state index in [9.17, 15) is 24.5 Å². The molecule has 2 aromatic carbocycles. The fourth-order valence-corrected chi connectivity index (χ4v) is 6.14. The zero-order chi connectivity index (χ0) is 21.5. The number of imide groups is 1. The van der Waals surface area contributed by atoms with E-state index >= 15 is 0 Å². The summed E-state index contributed by atoms with van der Waals surface area (Å²) >= 11 is 0. The van der Waals surface area contributed by atoms with Crippen LogP contribution in [0.15, 0.2) is 48.5 Å². The Morgan fingerprint density at radius 2 is 1.77 bits per heavy atom. The minimum absolute atomic E-state index is 0.120. The van der Waals surface area contributed by atoms with Crippen LogP contribution >= 0.6 is 0 Å². The van der Waals surface area contributed by atoms with E-state index in [0.717, 1.165) is 23.3 Å². The van der Waals surface area contributed by atoms with Crippen molar-refractivity contribution in [2.45, 2.75) is 24.4 Å². The van der Waals surface area contributed by atoms with Gasteiger partial charge in [0.25, 0.3) is 5.69 Å². The van der Waals surface area contributed by atoms with Gasteiger partial charge >= 0.3 is 0 Å². The number of nitrogens with one attached hydrogen (secondary N) is 1. The molecular formula is C22H18N4O5. The molecule has 156 valence electrons. The van der Waals surface area contributed by atoms with Crippen LogP contribution < -0.4 is 10.2 Å². The Kier molecular flexibility index (Phi) is 3.51. The van der Waals surface area contributed by atoms with Gasteiger partial charge in [-0.2, -0.15) is 0 Å². The molecule has 2 aromatic rings. The van der Waals surface area contributed by atoms with Crippen LogP contribution in [0.5, 0.6) is 0 Å². The fraction of sp³-hybridized carbons (Fsp3) is 0.318. The second-order valence-electron chi connectivity index (χ2n) is 8.46. The Bertz CT molecular complexity index is 1180. The first-order chi connectivity index (χ1) is 15.0. The molecular weight excluding hydrogens is 400 g/mol. The molecule has 3 saturated heterocycles. The third kappa shape index (κ3) is 2.06. The van der Waals surface area contributed by atoms with Gasteiger partial charge in [-0.25, -0.2) is 4.90 Å². The van der Waals surface area contributed by atoms with Crippen LogP contribution in [0.25, 0.3) is 0 Å². The Morgan fingerprint density at radius 1 is 1.03 bits per heavy atom. The second-order valence-corrected chi connectivity index (χ2v) is 8.46. The zero-order valence-electron chi connectivity index (χ0n) is 16.4. The quantitative estimate of drug-likeness (QED) is 0.454. The number of fused-ring (bicyclic) bond motifs is 7. The molecule has 0 aliphatic carbocycles. The summed E-state index contributed by atoms with van der Waals surface area (Å²) in [6, 6.07) is 12.5. The number of amides is 3. The molecule has 4 aliphatic heterocycles. The number of hydrogen-bond donors (Lipinski definition) is 1. The molecule has 0 radical (unpaired) electrons. The average molecular weight is 418 g/mol. The number of nitrogens with zero attached hydrogens (tertiary/aromatic N) is 3. The van der Waals surface area contributed by atoms with Gasteiger partial charge in [-0.3, -0.25) is 29.4 Å². The summed E-state index contributed by atoms with van der Waals surface area (Å²) in [6.07, 6.45) is 1.59. The lowest BCUT2D eigenvalue weighted by molar-refractivity contribution is -0.384. The number of benzene rings is 2. The highest BCUT2D eigenvalue weighted by atomic mass is 16.6. The van der Waals surface area contributed by atoms with E-state index in [1.807, 2.05) is 24.3 Å². The second kappa shape index (κ2) is 5.98. The molecule has 9 nitrogen and oxygen atoms in total. The molecule has 1 N–H and O–H groups in total.